The zero-order chi connectivity index (χ0) is 19.5. The fourth-order valence-electron chi connectivity index (χ4n) is 3.93. The first-order chi connectivity index (χ1) is 14.4. The highest BCUT2D eigenvalue weighted by Crippen LogP contribution is 2.35. The summed E-state index contributed by atoms with van der Waals surface area (Å²) in [7, 11) is 0. The number of nitrogens with zero attached hydrogens (tertiary/aromatic N) is 3. The third kappa shape index (κ3) is 3.43. The highest BCUT2D eigenvalue weighted by Gasteiger charge is 2.19. The van der Waals surface area contributed by atoms with E-state index in [1.807, 2.05) is 6.21 Å². The van der Waals surface area contributed by atoms with Gasteiger partial charge in [-0.05, 0) is 23.8 Å². The highest BCUT2D eigenvalue weighted by atomic mass is 16.5. The molecule has 3 aromatic carbocycles. The summed E-state index contributed by atoms with van der Waals surface area (Å²) in [4.78, 5) is 0. The molecule has 4 nitrogen and oxygen atoms in total. The normalized spacial score (nSPS) is 14.7. The Bertz CT molecular complexity index is 1130. The SMILES string of the molecule is C(=N\N1CCOCC1)/c1c(-c2ccccc2)n(-c2ccccc2)c2ccccc12. The van der Waals surface area contributed by atoms with Gasteiger partial charge in [0.05, 0.1) is 43.7 Å². The van der Waals surface area contributed by atoms with E-state index in [2.05, 4.69) is 94.5 Å². The largest absolute Gasteiger partial charge is 0.378 e. The van der Waals surface area contributed by atoms with Crippen LogP contribution < -0.4 is 0 Å². The second kappa shape index (κ2) is 7.94. The van der Waals surface area contributed by atoms with Crippen LogP contribution in [0, 0.1) is 0 Å². The van der Waals surface area contributed by atoms with Crippen LogP contribution in [0.2, 0.25) is 0 Å². The zero-order valence-electron chi connectivity index (χ0n) is 16.2. The molecule has 4 aromatic rings. The first-order valence-corrected chi connectivity index (χ1v) is 10.0. The Morgan fingerprint density at radius 1 is 0.759 bits per heavy atom. The van der Waals surface area contributed by atoms with E-state index in [-0.39, 0.29) is 0 Å². The maximum absolute atomic E-state index is 5.46. The number of morpholine rings is 1. The first kappa shape index (κ1) is 17.7. The number of benzene rings is 3. The number of ether oxygens (including phenoxy) is 1. The molecule has 0 N–H and O–H groups in total. The van der Waals surface area contributed by atoms with Crippen molar-refractivity contribution in [3.63, 3.8) is 0 Å². The Balaban J connectivity index is 1.76. The van der Waals surface area contributed by atoms with Gasteiger partial charge in [-0.1, -0.05) is 66.7 Å². The van der Waals surface area contributed by atoms with Gasteiger partial charge in [-0.2, -0.15) is 5.10 Å². The van der Waals surface area contributed by atoms with E-state index >= 15 is 0 Å². The van der Waals surface area contributed by atoms with E-state index in [0.717, 1.165) is 43.2 Å². The molecule has 0 aliphatic carbocycles. The Kier molecular flexibility index (Phi) is 4.85. The van der Waals surface area contributed by atoms with Gasteiger partial charge in [0.2, 0.25) is 0 Å². The van der Waals surface area contributed by atoms with Crippen LogP contribution in [-0.2, 0) is 4.74 Å². The quantitative estimate of drug-likeness (QED) is 0.468. The summed E-state index contributed by atoms with van der Waals surface area (Å²) in [5.74, 6) is 0. The summed E-state index contributed by atoms with van der Waals surface area (Å²) in [6.45, 7) is 3.12. The van der Waals surface area contributed by atoms with Gasteiger partial charge in [0.15, 0.2) is 0 Å². The smallest absolute Gasteiger partial charge is 0.0659 e. The van der Waals surface area contributed by atoms with Crippen molar-refractivity contribution in [1.82, 2.24) is 9.58 Å². The van der Waals surface area contributed by atoms with Gasteiger partial charge in [0.25, 0.3) is 0 Å². The molecule has 1 aliphatic rings. The first-order valence-electron chi connectivity index (χ1n) is 10.0. The standard InChI is InChI=1S/C25H23N3O/c1-3-9-20(10-4-1)25-23(19-26-27-15-17-29-18-16-27)22-13-7-8-14-24(22)28(25)21-11-5-2-6-12-21/h1-14,19H,15-18H2/b26-19+. The number of hydrogen-bond acceptors (Lipinski definition) is 3. The molecule has 2 heterocycles. The molecule has 144 valence electrons. The van der Waals surface area contributed by atoms with Crippen molar-refractivity contribution in [3.05, 3.63) is 90.5 Å². The van der Waals surface area contributed by atoms with Crippen LogP contribution in [0.3, 0.4) is 0 Å². The van der Waals surface area contributed by atoms with Crippen LogP contribution in [0.25, 0.3) is 27.8 Å². The molecule has 0 bridgehead atoms. The van der Waals surface area contributed by atoms with Crippen LogP contribution in [-0.4, -0.2) is 42.1 Å². The van der Waals surface area contributed by atoms with Crippen LogP contribution in [0.1, 0.15) is 5.56 Å². The lowest BCUT2D eigenvalue weighted by atomic mass is 10.1. The molecule has 0 unspecified atom stereocenters. The zero-order valence-corrected chi connectivity index (χ0v) is 16.2. The van der Waals surface area contributed by atoms with E-state index in [1.165, 1.54) is 16.5 Å². The number of aromatic nitrogens is 1. The van der Waals surface area contributed by atoms with Gasteiger partial charge < -0.3 is 9.30 Å². The summed E-state index contributed by atoms with van der Waals surface area (Å²) in [6, 6.07) is 29.7. The number of hydrazone groups is 1. The second-order valence-corrected chi connectivity index (χ2v) is 7.13. The van der Waals surface area contributed by atoms with E-state index in [9.17, 15) is 0 Å². The van der Waals surface area contributed by atoms with Gasteiger partial charge in [0.1, 0.15) is 0 Å². The molecular formula is C25H23N3O. The summed E-state index contributed by atoms with van der Waals surface area (Å²) in [6.07, 6.45) is 2.02. The van der Waals surface area contributed by atoms with Crippen molar-refractivity contribution in [2.45, 2.75) is 0 Å². The molecule has 29 heavy (non-hydrogen) atoms. The van der Waals surface area contributed by atoms with Crippen LogP contribution in [0.15, 0.2) is 90.0 Å². The predicted octanol–water partition coefficient (Wildman–Crippen LogP) is 4.96. The molecule has 4 heteroatoms. The molecule has 1 fully saturated rings. The van der Waals surface area contributed by atoms with E-state index in [4.69, 9.17) is 9.84 Å². The Hall–Kier alpha value is -3.37. The third-order valence-electron chi connectivity index (χ3n) is 5.31. The lowest BCUT2D eigenvalue weighted by Crippen LogP contribution is -2.32. The summed E-state index contributed by atoms with van der Waals surface area (Å²) in [5, 5.41) is 8.10. The molecule has 0 saturated carbocycles. The minimum atomic E-state index is 0.731. The highest BCUT2D eigenvalue weighted by molar-refractivity contribution is 6.07. The maximum Gasteiger partial charge on any atom is 0.0659 e. The average molecular weight is 381 g/mol. The minimum absolute atomic E-state index is 0.731. The number of hydrogen-bond donors (Lipinski definition) is 0. The summed E-state index contributed by atoms with van der Waals surface area (Å²) in [5.41, 5.74) is 5.81. The Morgan fingerprint density at radius 2 is 1.41 bits per heavy atom. The number of fused-ring (bicyclic) bond motifs is 1. The minimum Gasteiger partial charge on any atom is -0.378 e. The van der Waals surface area contributed by atoms with Crippen LogP contribution >= 0.6 is 0 Å². The fraction of sp³-hybridized carbons (Fsp3) is 0.160. The monoisotopic (exact) mass is 381 g/mol. The van der Waals surface area contributed by atoms with Gasteiger partial charge in [-0.25, -0.2) is 0 Å². The second-order valence-electron chi connectivity index (χ2n) is 7.13. The van der Waals surface area contributed by atoms with Crippen molar-refractivity contribution >= 4 is 17.1 Å². The van der Waals surface area contributed by atoms with E-state index in [1.54, 1.807) is 0 Å². The van der Waals surface area contributed by atoms with Crippen molar-refractivity contribution in [2.75, 3.05) is 26.3 Å². The molecule has 0 amide bonds. The van der Waals surface area contributed by atoms with E-state index < -0.39 is 0 Å². The topological polar surface area (TPSA) is 29.8 Å². The van der Waals surface area contributed by atoms with Crippen molar-refractivity contribution in [2.24, 2.45) is 5.10 Å². The van der Waals surface area contributed by atoms with Gasteiger partial charge >= 0.3 is 0 Å². The molecule has 5 rings (SSSR count). The van der Waals surface area contributed by atoms with Crippen LogP contribution in [0.5, 0.6) is 0 Å². The molecule has 1 aliphatic heterocycles. The molecule has 0 atom stereocenters. The fourth-order valence-corrected chi connectivity index (χ4v) is 3.93. The average Bonchev–Trinajstić information content (AvgIpc) is 3.14. The van der Waals surface area contributed by atoms with Gasteiger partial charge in [-0.3, -0.25) is 5.01 Å². The summed E-state index contributed by atoms with van der Waals surface area (Å²) >= 11 is 0. The van der Waals surface area contributed by atoms with Crippen molar-refractivity contribution < 1.29 is 4.74 Å². The molecule has 1 saturated heterocycles. The lowest BCUT2D eigenvalue weighted by molar-refractivity contribution is 0.0397. The van der Waals surface area contributed by atoms with Gasteiger partial charge in [0, 0.05) is 16.6 Å². The molecule has 1 aromatic heterocycles. The Labute approximate surface area is 170 Å². The maximum atomic E-state index is 5.46. The number of rotatable bonds is 4. The third-order valence-corrected chi connectivity index (χ3v) is 5.31. The molecular weight excluding hydrogens is 358 g/mol. The molecule has 0 spiro atoms. The van der Waals surface area contributed by atoms with E-state index in [0.29, 0.717) is 0 Å². The summed E-state index contributed by atoms with van der Waals surface area (Å²) < 4.78 is 7.80. The molecule has 0 radical (unpaired) electrons. The van der Waals surface area contributed by atoms with Crippen molar-refractivity contribution in [3.8, 4) is 16.9 Å². The van der Waals surface area contributed by atoms with Crippen LogP contribution in [0.4, 0.5) is 0 Å². The Morgan fingerprint density at radius 3 is 2.17 bits per heavy atom. The number of para-hydroxylation sites is 2. The predicted molar refractivity (Wildman–Crippen MR) is 119 cm³/mol. The lowest BCUT2D eigenvalue weighted by Gasteiger charge is -2.23. The van der Waals surface area contributed by atoms with Gasteiger partial charge in [-0.15, -0.1) is 0 Å². The van der Waals surface area contributed by atoms with Crippen molar-refractivity contribution in [1.29, 1.82) is 0 Å².